The second kappa shape index (κ2) is 7.79. The molecule has 0 aliphatic rings. The molecule has 3 aromatic rings. The van der Waals surface area contributed by atoms with Gasteiger partial charge in [0.15, 0.2) is 0 Å². The highest BCUT2D eigenvalue weighted by molar-refractivity contribution is 5.76. The summed E-state index contributed by atoms with van der Waals surface area (Å²) in [5, 5.41) is 20.5. The van der Waals surface area contributed by atoms with Gasteiger partial charge in [-0.2, -0.15) is 0 Å². The van der Waals surface area contributed by atoms with E-state index >= 15 is 0 Å². The minimum atomic E-state index is -0.621. The SMILES string of the molecule is Cc1cc(/C=C/c2ccn(C(=O)Oc3ccc([N+](=O)[O-])cc3)c2)cc(C)c1O. The van der Waals surface area contributed by atoms with Crippen LogP contribution in [0.4, 0.5) is 10.5 Å². The number of hydrogen-bond donors (Lipinski definition) is 1. The van der Waals surface area contributed by atoms with Gasteiger partial charge in [-0.15, -0.1) is 0 Å². The Morgan fingerprint density at radius 1 is 1.07 bits per heavy atom. The molecule has 0 radical (unpaired) electrons. The van der Waals surface area contributed by atoms with Gasteiger partial charge in [-0.25, -0.2) is 4.79 Å². The monoisotopic (exact) mass is 378 g/mol. The summed E-state index contributed by atoms with van der Waals surface area (Å²) in [6.45, 7) is 3.68. The number of phenols is 1. The second-order valence-electron chi connectivity index (χ2n) is 6.31. The van der Waals surface area contributed by atoms with Crippen LogP contribution in [0.1, 0.15) is 22.3 Å². The molecule has 3 rings (SSSR count). The maximum absolute atomic E-state index is 12.2. The molecule has 1 N–H and O–H groups in total. The maximum Gasteiger partial charge on any atom is 0.423 e. The molecule has 28 heavy (non-hydrogen) atoms. The molecule has 0 atom stereocenters. The van der Waals surface area contributed by atoms with E-state index in [0.717, 1.165) is 22.3 Å². The van der Waals surface area contributed by atoms with Crippen molar-refractivity contribution in [1.82, 2.24) is 4.57 Å². The molecule has 0 aliphatic carbocycles. The number of aromatic hydroxyl groups is 1. The van der Waals surface area contributed by atoms with Crippen LogP contribution in [0.2, 0.25) is 0 Å². The number of hydrogen-bond acceptors (Lipinski definition) is 5. The van der Waals surface area contributed by atoms with Gasteiger partial charge >= 0.3 is 6.09 Å². The van der Waals surface area contributed by atoms with Crippen molar-refractivity contribution < 1.29 is 19.6 Å². The summed E-state index contributed by atoms with van der Waals surface area (Å²) in [6, 6.07) is 10.8. The molecule has 0 spiro atoms. The zero-order valence-electron chi connectivity index (χ0n) is 15.3. The lowest BCUT2D eigenvalue weighted by Gasteiger charge is -2.04. The van der Waals surface area contributed by atoms with Gasteiger partial charge in [0.25, 0.3) is 5.69 Å². The van der Waals surface area contributed by atoms with Crippen molar-refractivity contribution in [3.8, 4) is 11.5 Å². The number of aryl methyl sites for hydroxylation is 2. The molecule has 0 fully saturated rings. The molecule has 0 saturated heterocycles. The number of nitro benzene ring substituents is 1. The number of nitro groups is 1. The topological polar surface area (TPSA) is 94.6 Å². The lowest BCUT2D eigenvalue weighted by atomic mass is 10.1. The summed E-state index contributed by atoms with van der Waals surface area (Å²) in [7, 11) is 0. The average molecular weight is 378 g/mol. The molecule has 0 saturated carbocycles. The molecule has 0 unspecified atom stereocenters. The van der Waals surface area contributed by atoms with Crippen molar-refractivity contribution in [1.29, 1.82) is 0 Å². The smallest absolute Gasteiger partial charge is 0.423 e. The molecule has 0 amide bonds. The highest BCUT2D eigenvalue weighted by atomic mass is 16.6. The highest BCUT2D eigenvalue weighted by Gasteiger charge is 2.10. The molecule has 7 heteroatoms. The summed E-state index contributed by atoms with van der Waals surface area (Å²) < 4.78 is 6.49. The fourth-order valence-electron chi connectivity index (χ4n) is 2.69. The van der Waals surface area contributed by atoms with E-state index in [1.54, 1.807) is 18.5 Å². The van der Waals surface area contributed by atoms with E-state index in [0.29, 0.717) is 0 Å². The van der Waals surface area contributed by atoms with Crippen LogP contribution in [-0.4, -0.2) is 20.7 Å². The van der Waals surface area contributed by atoms with Gasteiger partial charge in [-0.3, -0.25) is 14.7 Å². The standard InChI is InChI=1S/C21H18N2O5/c1-14-11-17(12-15(2)20(14)24)4-3-16-9-10-22(13-16)21(25)28-19-7-5-18(6-8-19)23(26)27/h3-13,24H,1-2H3/b4-3+. The van der Waals surface area contributed by atoms with Crippen molar-refractivity contribution in [3.63, 3.8) is 0 Å². The van der Waals surface area contributed by atoms with Gasteiger partial charge in [0.05, 0.1) is 4.92 Å². The molecule has 1 aromatic heterocycles. The first kappa shape index (κ1) is 18.9. The Morgan fingerprint density at radius 3 is 2.29 bits per heavy atom. The third kappa shape index (κ3) is 4.27. The van der Waals surface area contributed by atoms with E-state index in [1.807, 2.05) is 38.1 Å². The van der Waals surface area contributed by atoms with Crippen molar-refractivity contribution in [3.05, 3.63) is 87.2 Å². The van der Waals surface area contributed by atoms with Gasteiger partial charge in [0, 0.05) is 24.5 Å². The summed E-state index contributed by atoms with van der Waals surface area (Å²) in [5.41, 5.74) is 3.25. The number of non-ortho nitro benzene ring substituents is 1. The maximum atomic E-state index is 12.2. The molecule has 1 heterocycles. The minimum Gasteiger partial charge on any atom is -0.507 e. The first-order valence-electron chi connectivity index (χ1n) is 8.46. The first-order valence-corrected chi connectivity index (χ1v) is 8.46. The van der Waals surface area contributed by atoms with Crippen LogP contribution in [0.25, 0.3) is 12.2 Å². The highest BCUT2D eigenvalue weighted by Crippen LogP contribution is 2.24. The van der Waals surface area contributed by atoms with Crippen LogP contribution < -0.4 is 4.74 Å². The predicted molar refractivity (Wildman–Crippen MR) is 105 cm³/mol. The number of rotatable bonds is 4. The first-order chi connectivity index (χ1) is 13.3. The van der Waals surface area contributed by atoms with Crippen LogP contribution in [0.3, 0.4) is 0 Å². The van der Waals surface area contributed by atoms with Gasteiger partial charge in [0.1, 0.15) is 11.5 Å². The Balaban J connectivity index is 1.69. The van der Waals surface area contributed by atoms with Gasteiger partial charge in [-0.05, 0) is 66.4 Å². The fraction of sp³-hybridized carbons (Fsp3) is 0.0952. The van der Waals surface area contributed by atoms with Gasteiger partial charge < -0.3 is 9.84 Å². The van der Waals surface area contributed by atoms with Crippen LogP contribution in [-0.2, 0) is 0 Å². The van der Waals surface area contributed by atoms with Crippen molar-refractivity contribution in [2.24, 2.45) is 0 Å². The number of aromatic nitrogens is 1. The summed E-state index contributed by atoms with van der Waals surface area (Å²) in [6.07, 6.45) is 6.30. The zero-order valence-corrected chi connectivity index (χ0v) is 15.3. The quantitative estimate of drug-likeness (QED) is 0.513. The van der Waals surface area contributed by atoms with Crippen LogP contribution >= 0.6 is 0 Å². The fourth-order valence-corrected chi connectivity index (χ4v) is 2.69. The Hall–Kier alpha value is -3.87. The van der Waals surface area contributed by atoms with E-state index in [1.165, 1.54) is 28.8 Å². The molecule has 2 aromatic carbocycles. The van der Waals surface area contributed by atoms with E-state index in [-0.39, 0.29) is 17.2 Å². The average Bonchev–Trinajstić information content (AvgIpc) is 3.14. The third-order valence-corrected chi connectivity index (χ3v) is 4.16. The Kier molecular flexibility index (Phi) is 5.26. The summed E-state index contributed by atoms with van der Waals surface area (Å²) in [5.74, 6) is 0.508. The number of carbonyl (C=O) groups excluding carboxylic acids is 1. The predicted octanol–water partition coefficient (Wildman–Crippen LogP) is 4.94. The van der Waals surface area contributed by atoms with Crippen LogP contribution in [0.15, 0.2) is 54.9 Å². The number of phenolic OH excluding ortho intramolecular Hbond substituents is 1. The van der Waals surface area contributed by atoms with Crippen molar-refractivity contribution in [2.45, 2.75) is 13.8 Å². The largest absolute Gasteiger partial charge is 0.507 e. The zero-order chi connectivity index (χ0) is 20.3. The van der Waals surface area contributed by atoms with E-state index in [4.69, 9.17) is 4.74 Å². The molecular weight excluding hydrogens is 360 g/mol. The van der Waals surface area contributed by atoms with Crippen LogP contribution in [0.5, 0.6) is 11.5 Å². The van der Waals surface area contributed by atoms with Crippen molar-refractivity contribution in [2.75, 3.05) is 0 Å². The van der Waals surface area contributed by atoms with Crippen molar-refractivity contribution >= 4 is 23.9 Å². The number of nitrogens with zero attached hydrogens (tertiary/aromatic N) is 2. The normalized spacial score (nSPS) is 10.9. The molecular formula is C21H18N2O5. The van der Waals surface area contributed by atoms with Gasteiger partial charge in [0.2, 0.25) is 0 Å². The Labute approximate surface area is 161 Å². The number of ether oxygens (including phenoxy) is 1. The number of benzene rings is 2. The van der Waals surface area contributed by atoms with E-state index in [9.17, 15) is 20.0 Å². The van der Waals surface area contributed by atoms with E-state index < -0.39 is 11.0 Å². The number of carbonyl (C=O) groups is 1. The molecule has 142 valence electrons. The Morgan fingerprint density at radius 2 is 1.68 bits per heavy atom. The second-order valence-corrected chi connectivity index (χ2v) is 6.31. The molecule has 7 nitrogen and oxygen atoms in total. The summed E-state index contributed by atoms with van der Waals surface area (Å²) in [4.78, 5) is 22.3. The summed E-state index contributed by atoms with van der Waals surface area (Å²) >= 11 is 0. The molecule has 0 aliphatic heterocycles. The third-order valence-electron chi connectivity index (χ3n) is 4.16. The van der Waals surface area contributed by atoms with E-state index in [2.05, 4.69) is 0 Å². The minimum absolute atomic E-state index is 0.0760. The lowest BCUT2D eigenvalue weighted by Crippen LogP contribution is -2.14. The molecule has 0 bridgehead atoms. The van der Waals surface area contributed by atoms with Crippen LogP contribution in [0, 0.1) is 24.0 Å². The Bertz CT molecular complexity index is 1040. The lowest BCUT2D eigenvalue weighted by molar-refractivity contribution is -0.384. The van der Waals surface area contributed by atoms with Gasteiger partial charge in [-0.1, -0.05) is 12.2 Å².